The van der Waals surface area contributed by atoms with Crippen molar-refractivity contribution in [2.45, 2.75) is 26.8 Å². The van der Waals surface area contributed by atoms with Crippen LogP contribution in [0, 0.1) is 13.8 Å². The molecule has 4 rings (SSSR count). The summed E-state index contributed by atoms with van der Waals surface area (Å²) in [6, 6.07) is 24.2. The number of ether oxygens (including phenoxy) is 1. The van der Waals surface area contributed by atoms with Gasteiger partial charge in [-0.3, -0.25) is 4.79 Å². The van der Waals surface area contributed by atoms with Gasteiger partial charge in [0.25, 0.3) is 5.91 Å². The molecule has 0 aliphatic rings. The molecule has 4 nitrogen and oxygen atoms in total. The first-order chi connectivity index (χ1) is 15.1. The molecule has 1 atom stereocenters. The molecular weight excluding hydrogens is 384 g/mol. The number of carbonyl (C=O) groups excluding carboxylic acids is 1. The van der Waals surface area contributed by atoms with E-state index in [1.165, 1.54) is 5.56 Å². The van der Waals surface area contributed by atoms with Crippen LogP contribution in [0.5, 0.6) is 5.75 Å². The largest absolute Gasteiger partial charge is 0.484 e. The molecule has 0 saturated carbocycles. The van der Waals surface area contributed by atoms with Crippen molar-refractivity contribution in [3.05, 3.63) is 101 Å². The zero-order valence-electron chi connectivity index (χ0n) is 18.3. The first-order valence-corrected chi connectivity index (χ1v) is 10.7. The van der Waals surface area contributed by atoms with E-state index in [4.69, 9.17) is 4.74 Å². The Hall–Kier alpha value is -3.53. The van der Waals surface area contributed by atoms with Gasteiger partial charge < -0.3 is 14.6 Å². The monoisotopic (exact) mass is 412 g/mol. The van der Waals surface area contributed by atoms with Crippen molar-refractivity contribution in [3.63, 3.8) is 0 Å². The standard InChI is InChI=1S/C27H28N2O2/c1-4-29(26(30)18-31-22-15-11-20(3)12-16-22)27(21-13-9-19(2)10-14-21)24-17-28-25-8-6-5-7-23(24)25/h5-17,27-28H,4,18H2,1-3H3. The minimum absolute atomic E-state index is 0.00160. The molecule has 0 aliphatic heterocycles. The molecule has 1 heterocycles. The highest BCUT2D eigenvalue weighted by Crippen LogP contribution is 2.34. The summed E-state index contributed by atoms with van der Waals surface area (Å²) in [6.07, 6.45) is 2.02. The first kappa shape index (κ1) is 20.7. The molecule has 1 amide bonds. The summed E-state index contributed by atoms with van der Waals surface area (Å²) >= 11 is 0. The lowest BCUT2D eigenvalue weighted by atomic mass is 9.95. The number of para-hydroxylation sites is 1. The predicted molar refractivity (Wildman–Crippen MR) is 125 cm³/mol. The minimum Gasteiger partial charge on any atom is -0.484 e. The van der Waals surface area contributed by atoms with Gasteiger partial charge in [-0.2, -0.15) is 0 Å². The fourth-order valence-electron chi connectivity index (χ4n) is 3.96. The Morgan fingerprint density at radius 3 is 2.26 bits per heavy atom. The average Bonchev–Trinajstić information content (AvgIpc) is 3.21. The van der Waals surface area contributed by atoms with Crippen LogP contribution in [0.1, 0.15) is 35.2 Å². The number of nitrogens with one attached hydrogen (secondary N) is 1. The van der Waals surface area contributed by atoms with Crippen LogP contribution in [0.3, 0.4) is 0 Å². The minimum atomic E-state index is -0.198. The number of hydrogen-bond donors (Lipinski definition) is 1. The van der Waals surface area contributed by atoms with E-state index in [1.807, 2.05) is 61.3 Å². The Kier molecular flexibility index (Phi) is 6.08. The molecule has 31 heavy (non-hydrogen) atoms. The SMILES string of the molecule is CCN(C(=O)COc1ccc(C)cc1)C(c1ccc(C)cc1)c1c[nH]c2ccccc12. The average molecular weight is 413 g/mol. The van der Waals surface area contributed by atoms with Crippen molar-refractivity contribution in [1.82, 2.24) is 9.88 Å². The molecule has 0 spiro atoms. The van der Waals surface area contributed by atoms with Crippen molar-refractivity contribution < 1.29 is 9.53 Å². The summed E-state index contributed by atoms with van der Waals surface area (Å²) in [5, 5.41) is 1.12. The van der Waals surface area contributed by atoms with Gasteiger partial charge in [0.15, 0.2) is 6.61 Å². The number of amides is 1. The Bertz CT molecular complexity index is 1160. The maximum Gasteiger partial charge on any atom is 0.261 e. The van der Waals surface area contributed by atoms with E-state index in [2.05, 4.69) is 48.3 Å². The van der Waals surface area contributed by atoms with Gasteiger partial charge in [-0.1, -0.05) is 65.7 Å². The van der Waals surface area contributed by atoms with Crippen LogP contribution < -0.4 is 4.74 Å². The summed E-state index contributed by atoms with van der Waals surface area (Å²) in [5.41, 5.74) is 5.59. The number of likely N-dealkylation sites (N-methyl/N-ethyl adjacent to an activating group) is 1. The lowest BCUT2D eigenvalue weighted by Gasteiger charge is -2.31. The van der Waals surface area contributed by atoms with Crippen LogP contribution in [0.2, 0.25) is 0 Å². The third kappa shape index (κ3) is 4.48. The lowest BCUT2D eigenvalue weighted by molar-refractivity contribution is -0.134. The summed E-state index contributed by atoms with van der Waals surface area (Å²) in [4.78, 5) is 18.6. The van der Waals surface area contributed by atoms with E-state index >= 15 is 0 Å². The maximum absolute atomic E-state index is 13.3. The van der Waals surface area contributed by atoms with E-state index in [-0.39, 0.29) is 18.6 Å². The van der Waals surface area contributed by atoms with Gasteiger partial charge in [-0.25, -0.2) is 0 Å². The molecule has 0 aliphatic carbocycles. The van der Waals surface area contributed by atoms with Crippen LogP contribution in [0.15, 0.2) is 79.0 Å². The van der Waals surface area contributed by atoms with Crippen molar-refractivity contribution in [3.8, 4) is 5.75 Å². The second-order valence-corrected chi connectivity index (χ2v) is 7.88. The van der Waals surface area contributed by atoms with Gasteiger partial charge in [0.2, 0.25) is 0 Å². The molecule has 0 saturated heterocycles. The topological polar surface area (TPSA) is 45.3 Å². The summed E-state index contributed by atoms with van der Waals surface area (Å²) in [5.74, 6) is 0.660. The van der Waals surface area contributed by atoms with Crippen LogP contribution in [-0.4, -0.2) is 28.9 Å². The smallest absolute Gasteiger partial charge is 0.261 e. The van der Waals surface area contributed by atoms with Crippen LogP contribution >= 0.6 is 0 Å². The molecule has 3 aromatic carbocycles. The van der Waals surface area contributed by atoms with Crippen molar-refractivity contribution in [1.29, 1.82) is 0 Å². The van der Waals surface area contributed by atoms with Gasteiger partial charge in [0.1, 0.15) is 5.75 Å². The third-order valence-corrected chi connectivity index (χ3v) is 5.66. The molecule has 1 aromatic heterocycles. The van der Waals surface area contributed by atoms with E-state index < -0.39 is 0 Å². The number of hydrogen-bond acceptors (Lipinski definition) is 2. The predicted octanol–water partition coefficient (Wildman–Crippen LogP) is 5.80. The van der Waals surface area contributed by atoms with Crippen LogP contribution in [0.4, 0.5) is 0 Å². The highest BCUT2D eigenvalue weighted by atomic mass is 16.5. The number of aryl methyl sites for hydroxylation is 2. The van der Waals surface area contributed by atoms with E-state index in [0.717, 1.165) is 27.6 Å². The zero-order chi connectivity index (χ0) is 21.8. The summed E-state index contributed by atoms with van der Waals surface area (Å²) in [7, 11) is 0. The quantitative estimate of drug-likeness (QED) is 0.417. The van der Waals surface area contributed by atoms with Gasteiger partial charge >= 0.3 is 0 Å². The summed E-state index contributed by atoms with van der Waals surface area (Å²) < 4.78 is 5.82. The highest BCUT2D eigenvalue weighted by Gasteiger charge is 2.28. The molecule has 158 valence electrons. The van der Waals surface area contributed by atoms with Gasteiger partial charge in [-0.15, -0.1) is 0 Å². The second kappa shape index (κ2) is 9.09. The highest BCUT2D eigenvalue weighted by molar-refractivity contribution is 5.86. The van der Waals surface area contributed by atoms with Crippen LogP contribution in [0.25, 0.3) is 10.9 Å². The second-order valence-electron chi connectivity index (χ2n) is 7.88. The fourth-order valence-corrected chi connectivity index (χ4v) is 3.96. The fraction of sp³-hybridized carbons (Fsp3) is 0.222. The van der Waals surface area contributed by atoms with Crippen molar-refractivity contribution in [2.24, 2.45) is 0 Å². The van der Waals surface area contributed by atoms with Crippen molar-refractivity contribution in [2.75, 3.05) is 13.2 Å². The number of rotatable bonds is 7. The number of benzene rings is 3. The van der Waals surface area contributed by atoms with E-state index in [0.29, 0.717) is 12.3 Å². The number of aromatic nitrogens is 1. The Morgan fingerprint density at radius 2 is 1.58 bits per heavy atom. The number of nitrogens with zero attached hydrogens (tertiary/aromatic N) is 1. The van der Waals surface area contributed by atoms with Gasteiger partial charge in [0.05, 0.1) is 6.04 Å². The molecule has 0 radical (unpaired) electrons. The maximum atomic E-state index is 13.3. The Balaban J connectivity index is 1.67. The van der Waals surface area contributed by atoms with Crippen molar-refractivity contribution >= 4 is 16.8 Å². The van der Waals surface area contributed by atoms with Gasteiger partial charge in [0, 0.05) is 29.2 Å². The molecule has 0 fully saturated rings. The zero-order valence-corrected chi connectivity index (χ0v) is 18.3. The van der Waals surface area contributed by atoms with Crippen LogP contribution in [-0.2, 0) is 4.79 Å². The molecule has 1 unspecified atom stereocenters. The number of carbonyl (C=O) groups is 1. The number of aromatic amines is 1. The summed E-state index contributed by atoms with van der Waals surface area (Å²) in [6.45, 7) is 6.69. The van der Waals surface area contributed by atoms with Gasteiger partial charge in [-0.05, 0) is 44.5 Å². The number of H-pyrrole nitrogens is 1. The Morgan fingerprint density at radius 1 is 0.935 bits per heavy atom. The Labute approximate surface area is 183 Å². The van der Waals surface area contributed by atoms with E-state index in [9.17, 15) is 4.79 Å². The lowest BCUT2D eigenvalue weighted by Crippen LogP contribution is -2.38. The molecule has 1 N–H and O–H groups in total. The number of fused-ring (bicyclic) bond motifs is 1. The first-order valence-electron chi connectivity index (χ1n) is 10.7. The molecule has 4 heteroatoms. The molecule has 0 bridgehead atoms. The third-order valence-electron chi connectivity index (χ3n) is 5.66. The normalized spacial score (nSPS) is 12.0. The molecular formula is C27H28N2O2. The molecule has 4 aromatic rings. The van der Waals surface area contributed by atoms with E-state index in [1.54, 1.807) is 0 Å².